The maximum Gasteiger partial charge on any atom is 0.229 e. The van der Waals surface area contributed by atoms with Gasteiger partial charge in [0, 0.05) is 38.5 Å². The smallest absolute Gasteiger partial charge is 0.229 e. The molecular formula is C29H32ClFN6O. The molecule has 5 rings (SSSR count). The van der Waals surface area contributed by atoms with Crippen molar-refractivity contribution in [2.24, 2.45) is 5.41 Å². The maximum atomic E-state index is 13.7. The highest BCUT2D eigenvalue weighted by molar-refractivity contribution is 6.19. The molecule has 0 aliphatic carbocycles. The lowest BCUT2D eigenvalue weighted by atomic mass is 9.94. The highest BCUT2D eigenvalue weighted by Crippen LogP contribution is 2.31. The van der Waals surface area contributed by atoms with Crippen molar-refractivity contribution in [3.63, 3.8) is 0 Å². The molecule has 1 fully saturated rings. The number of benzene rings is 2. The highest BCUT2D eigenvalue weighted by Gasteiger charge is 2.34. The number of rotatable bonds is 6. The molecule has 198 valence electrons. The van der Waals surface area contributed by atoms with Gasteiger partial charge in [-0.05, 0) is 57.5 Å². The summed E-state index contributed by atoms with van der Waals surface area (Å²) in [5, 5.41) is 5.64. The van der Waals surface area contributed by atoms with Gasteiger partial charge in [-0.3, -0.25) is 4.79 Å². The fourth-order valence-electron chi connectivity index (χ4n) is 4.77. The molecule has 1 amide bonds. The average molecular weight is 535 g/mol. The molecule has 7 nitrogen and oxygen atoms in total. The van der Waals surface area contributed by atoms with Gasteiger partial charge in [-0.1, -0.05) is 29.8 Å². The van der Waals surface area contributed by atoms with E-state index in [1.54, 1.807) is 16.8 Å². The van der Waals surface area contributed by atoms with Gasteiger partial charge in [0.15, 0.2) is 5.65 Å². The van der Waals surface area contributed by atoms with Gasteiger partial charge >= 0.3 is 0 Å². The Morgan fingerprint density at radius 3 is 2.26 bits per heavy atom. The van der Waals surface area contributed by atoms with E-state index in [1.807, 2.05) is 25.7 Å². The summed E-state index contributed by atoms with van der Waals surface area (Å²) < 4.78 is 15.4. The number of carbonyl (C=O) groups excluding carboxylic acids is 1. The molecule has 3 heterocycles. The van der Waals surface area contributed by atoms with Crippen molar-refractivity contribution in [2.75, 3.05) is 37.0 Å². The van der Waals surface area contributed by atoms with E-state index in [0.29, 0.717) is 44.1 Å². The fraction of sp³-hybridized carbons (Fsp3) is 0.379. The number of aryl methyl sites for hydroxylation is 2. The maximum absolute atomic E-state index is 13.7. The Hall–Kier alpha value is -3.52. The Morgan fingerprint density at radius 2 is 1.63 bits per heavy atom. The third kappa shape index (κ3) is 5.10. The number of nitrogens with zero attached hydrogens (tertiary/aromatic N) is 6. The van der Waals surface area contributed by atoms with E-state index < -0.39 is 5.41 Å². The second-order valence-corrected chi connectivity index (χ2v) is 10.9. The first-order valence-electron chi connectivity index (χ1n) is 12.8. The number of aromatic nitrogens is 4. The molecule has 1 aliphatic rings. The Bertz CT molecular complexity index is 1460. The molecule has 1 aliphatic heterocycles. The van der Waals surface area contributed by atoms with Gasteiger partial charge in [0.2, 0.25) is 5.91 Å². The van der Waals surface area contributed by atoms with E-state index in [1.165, 1.54) is 17.7 Å². The van der Waals surface area contributed by atoms with Crippen molar-refractivity contribution >= 4 is 34.4 Å². The van der Waals surface area contributed by atoms with Gasteiger partial charge in [-0.15, -0.1) is 11.6 Å². The molecular weight excluding hydrogens is 503 g/mol. The fourth-order valence-corrected chi connectivity index (χ4v) is 4.89. The van der Waals surface area contributed by atoms with Crippen molar-refractivity contribution in [3.8, 4) is 5.69 Å². The predicted molar refractivity (Wildman–Crippen MR) is 149 cm³/mol. The topological polar surface area (TPSA) is 67.2 Å². The summed E-state index contributed by atoms with van der Waals surface area (Å²) in [6.45, 7) is 10.2. The SMILES string of the molecule is Cc1ccc(Cc2nc(N3CCN(C(=O)C(C)(C)CCl)CC3)c3c(C)nn(-c4ccc(F)cc4)c3n2)cc1. The first kappa shape index (κ1) is 26.1. The minimum absolute atomic E-state index is 0.0698. The van der Waals surface area contributed by atoms with Crippen LogP contribution in [0.15, 0.2) is 48.5 Å². The zero-order valence-corrected chi connectivity index (χ0v) is 23.0. The monoisotopic (exact) mass is 534 g/mol. The van der Waals surface area contributed by atoms with Crippen molar-refractivity contribution < 1.29 is 9.18 Å². The third-order valence-electron chi connectivity index (χ3n) is 7.06. The van der Waals surface area contributed by atoms with Crippen LogP contribution in [0.5, 0.6) is 0 Å². The van der Waals surface area contributed by atoms with Crippen molar-refractivity contribution in [1.29, 1.82) is 0 Å². The van der Waals surface area contributed by atoms with Crippen LogP contribution in [0.25, 0.3) is 16.7 Å². The lowest BCUT2D eigenvalue weighted by Crippen LogP contribution is -2.52. The van der Waals surface area contributed by atoms with Crippen LogP contribution in [0.3, 0.4) is 0 Å². The first-order chi connectivity index (χ1) is 18.2. The molecule has 0 atom stereocenters. The lowest BCUT2D eigenvalue weighted by molar-refractivity contribution is -0.139. The Morgan fingerprint density at radius 1 is 0.974 bits per heavy atom. The number of fused-ring (bicyclic) bond motifs is 1. The van der Waals surface area contributed by atoms with Gasteiger partial charge < -0.3 is 9.80 Å². The Kier molecular flexibility index (Phi) is 7.09. The Balaban J connectivity index is 1.54. The zero-order valence-electron chi connectivity index (χ0n) is 22.2. The van der Waals surface area contributed by atoms with E-state index >= 15 is 0 Å². The minimum atomic E-state index is -0.597. The molecule has 9 heteroatoms. The normalized spacial score (nSPS) is 14.4. The van der Waals surface area contributed by atoms with Crippen molar-refractivity contribution in [3.05, 3.63) is 77.0 Å². The highest BCUT2D eigenvalue weighted by atomic mass is 35.5. The molecule has 2 aromatic heterocycles. The lowest BCUT2D eigenvalue weighted by Gasteiger charge is -2.38. The number of amides is 1. The number of alkyl halides is 1. The summed E-state index contributed by atoms with van der Waals surface area (Å²) in [7, 11) is 0. The van der Waals surface area contributed by atoms with Gasteiger partial charge in [-0.2, -0.15) is 5.10 Å². The number of hydrogen-bond donors (Lipinski definition) is 0. The van der Waals surface area contributed by atoms with Crippen LogP contribution in [0.4, 0.5) is 10.2 Å². The van der Waals surface area contributed by atoms with Crippen molar-refractivity contribution in [2.45, 2.75) is 34.1 Å². The number of piperazine rings is 1. The molecule has 38 heavy (non-hydrogen) atoms. The quantitative estimate of drug-likeness (QED) is 0.323. The number of hydrogen-bond acceptors (Lipinski definition) is 5. The largest absolute Gasteiger partial charge is 0.352 e. The van der Waals surface area contributed by atoms with Crippen molar-refractivity contribution in [1.82, 2.24) is 24.6 Å². The molecule has 0 radical (unpaired) electrons. The first-order valence-corrected chi connectivity index (χ1v) is 13.4. The van der Waals surface area contributed by atoms with Crippen LogP contribution in [0, 0.1) is 25.1 Å². The van der Waals surface area contributed by atoms with Crippen LogP contribution < -0.4 is 4.90 Å². The summed E-state index contributed by atoms with van der Waals surface area (Å²) >= 11 is 6.06. The van der Waals surface area contributed by atoms with Crippen LogP contribution in [0.2, 0.25) is 0 Å². The van der Waals surface area contributed by atoms with Gasteiger partial charge in [-0.25, -0.2) is 19.0 Å². The van der Waals surface area contributed by atoms with E-state index in [-0.39, 0.29) is 17.6 Å². The molecule has 2 aromatic carbocycles. The average Bonchev–Trinajstić information content (AvgIpc) is 3.25. The second kappa shape index (κ2) is 10.3. The summed E-state index contributed by atoms with van der Waals surface area (Å²) in [6, 6.07) is 14.6. The molecule has 0 spiro atoms. The molecule has 0 unspecified atom stereocenters. The van der Waals surface area contributed by atoms with E-state index in [9.17, 15) is 9.18 Å². The summed E-state index contributed by atoms with van der Waals surface area (Å²) in [4.78, 5) is 27.1. The Labute approximate surface area is 227 Å². The third-order valence-corrected chi connectivity index (χ3v) is 7.73. The van der Waals surface area contributed by atoms with E-state index in [0.717, 1.165) is 28.1 Å². The van der Waals surface area contributed by atoms with Crippen LogP contribution in [0.1, 0.15) is 36.5 Å². The van der Waals surface area contributed by atoms with Crippen LogP contribution >= 0.6 is 11.6 Å². The predicted octanol–water partition coefficient (Wildman–Crippen LogP) is 5.08. The number of anilines is 1. The molecule has 0 bridgehead atoms. The number of halogens is 2. The van der Waals surface area contributed by atoms with Crippen LogP contribution in [-0.4, -0.2) is 62.6 Å². The minimum Gasteiger partial charge on any atom is -0.352 e. The summed E-state index contributed by atoms with van der Waals surface area (Å²) in [5.74, 6) is 1.54. The van der Waals surface area contributed by atoms with Gasteiger partial charge in [0.1, 0.15) is 17.5 Å². The van der Waals surface area contributed by atoms with Gasteiger partial charge in [0.25, 0.3) is 0 Å². The summed E-state index contributed by atoms with van der Waals surface area (Å²) in [5.41, 5.74) is 3.92. The standard InChI is InChI=1S/C29H32ClFN6O/c1-19-5-7-21(8-6-19)17-24-32-26(35-13-15-36(16-14-35)28(38)29(3,4)18-30)25-20(2)34-37(27(25)33-24)23-11-9-22(31)10-12-23/h5-12H,13-18H2,1-4H3. The molecule has 4 aromatic rings. The zero-order chi connectivity index (χ0) is 27.0. The summed E-state index contributed by atoms with van der Waals surface area (Å²) in [6.07, 6.45) is 0.569. The molecule has 0 N–H and O–H groups in total. The number of carbonyl (C=O) groups is 1. The molecule has 1 saturated heterocycles. The van der Waals surface area contributed by atoms with Crippen LogP contribution in [-0.2, 0) is 11.2 Å². The van der Waals surface area contributed by atoms with E-state index in [4.69, 9.17) is 26.7 Å². The van der Waals surface area contributed by atoms with Gasteiger partial charge in [0.05, 0.1) is 22.2 Å². The second-order valence-electron chi connectivity index (χ2n) is 10.6. The molecule has 0 saturated carbocycles. The van der Waals surface area contributed by atoms with E-state index in [2.05, 4.69) is 36.1 Å².